The number of anilines is 1. The number of nitrogens with zero attached hydrogens (tertiary/aromatic N) is 4. The van der Waals surface area contributed by atoms with Gasteiger partial charge in [0.05, 0.1) is 11.6 Å². The lowest BCUT2D eigenvalue weighted by Crippen LogP contribution is -2.42. The Labute approximate surface area is 154 Å². The number of likely N-dealkylation sites (tertiary alicyclic amines) is 1. The smallest absolute Gasteiger partial charge is 0.321 e. The van der Waals surface area contributed by atoms with Crippen molar-refractivity contribution in [3.63, 3.8) is 0 Å². The molecule has 0 saturated carbocycles. The Morgan fingerprint density at radius 3 is 3.15 bits per heavy atom. The maximum atomic E-state index is 12.6. The van der Waals surface area contributed by atoms with Crippen LogP contribution < -0.4 is 5.32 Å². The summed E-state index contributed by atoms with van der Waals surface area (Å²) in [6, 6.07) is 8.97. The number of aromatic nitrogens is 2. The zero-order valence-electron chi connectivity index (χ0n) is 15.2. The maximum Gasteiger partial charge on any atom is 0.321 e. The van der Waals surface area contributed by atoms with Crippen molar-refractivity contribution in [1.82, 2.24) is 14.5 Å². The highest BCUT2D eigenvalue weighted by molar-refractivity contribution is 5.89. The zero-order chi connectivity index (χ0) is 18.4. The molecule has 6 nitrogen and oxygen atoms in total. The van der Waals surface area contributed by atoms with E-state index in [9.17, 15) is 4.79 Å². The van der Waals surface area contributed by atoms with E-state index in [4.69, 9.17) is 5.26 Å². The monoisotopic (exact) mass is 351 g/mol. The number of nitriles is 1. The first-order valence-corrected chi connectivity index (χ1v) is 9.28. The van der Waals surface area contributed by atoms with Crippen LogP contribution >= 0.6 is 0 Å². The summed E-state index contributed by atoms with van der Waals surface area (Å²) in [6.07, 6.45) is 8.21. The minimum atomic E-state index is -0.114. The summed E-state index contributed by atoms with van der Waals surface area (Å²) in [5, 5.41) is 11.9. The van der Waals surface area contributed by atoms with E-state index in [0.717, 1.165) is 44.6 Å². The molecule has 0 unspecified atom stereocenters. The third kappa shape index (κ3) is 4.23. The van der Waals surface area contributed by atoms with Gasteiger partial charge in [-0.25, -0.2) is 9.78 Å². The van der Waals surface area contributed by atoms with Crippen molar-refractivity contribution < 1.29 is 4.79 Å². The number of carbonyl (C=O) groups is 1. The van der Waals surface area contributed by atoms with Gasteiger partial charge >= 0.3 is 6.03 Å². The van der Waals surface area contributed by atoms with Crippen LogP contribution in [0.15, 0.2) is 36.7 Å². The third-order valence-corrected chi connectivity index (χ3v) is 4.82. The molecule has 1 aromatic carbocycles. The van der Waals surface area contributed by atoms with Gasteiger partial charge in [-0.05, 0) is 37.5 Å². The Morgan fingerprint density at radius 2 is 2.35 bits per heavy atom. The average Bonchev–Trinajstić information content (AvgIpc) is 3.15. The van der Waals surface area contributed by atoms with Crippen LogP contribution in [-0.2, 0) is 6.54 Å². The third-order valence-electron chi connectivity index (χ3n) is 4.82. The fraction of sp³-hybridized carbons (Fsp3) is 0.450. The van der Waals surface area contributed by atoms with Gasteiger partial charge in [0, 0.05) is 43.6 Å². The molecule has 2 heterocycles. The summed E-state index contributed by atoms with van der Waals surface area (Å²) in [4.78, 5) is 19.1. The molecule has 1 fully saturated rings. The molecule has 6 heteroatoms. The number of imidazole rings is 1. The van der Waals surface area contributed by atoms with E-state index in [2.05, 4.69) is 27.9 Å². The molecule has 26 heavy (non-hydrogen) atoms. The highest BCUT2D eigenvalue weighted by Crippen LogP contribution is 2.26. The second kappa shape index (κ2) is 8.52. The van der Waals surface area contributed by atoms with Crippen molar-refractivity contribution in [1.29, 1.82) is 5.26 Å². The Kier molecular flexibility index (Phi) is 5.90. The summed E-state index contributed by atoms with van der Waals surface area (Å²) in [5.74, 6) is 1.36. The summed E-state index contributed by atoms with van der Waals surface area (Å²) >= 11 is 0. The van der Waals surface area contributed by atoms with Gasteiger partial charge in [0.25, 0.3) is 0 Å². The zero-order valence-corrected chi connectivity index (χ0v) is 15.2. The number of unbranched alkanes of at least 4 members (excludes halogenated alkanes) is 1. The van der Waals surface area contributed by atoms with Gasteiger partial charge < -0.3 is 14.8 Å². The number of nitrogens with one attached hydrogen (secondary N) is 1. The van der Waals surface area contributed by atoms with Crippen LogP contribution in [0.4, 0.5) is 10.5 Å². The van der Waals surface area contributed by atoms with Crippen molar-refractivity contribution in [2.24, 2.45) is 0 Å². The molecule has 0 aliphatic carbocycles. The Bertz CT molecular complexity index is 791. The van der Waals surface area contributed by atoms with E-state index in [-0.39, 0.29) is 11.9 Å². The molecule has 1 aromatic heterocycles. The number of rotatable bonds is 5. The second-order valence-electron chi connectivity index (χ2n) is 6.74. The molecule has 2 amide bonds. The Balaban J connectivity index is 1.65. The normalized spacial score (nSPS) is 16.9. The van der Waals surface area contributed by atoms with E-state index >= 15 is 0 Å². The fourth-order valence-corrected chi connectivity index (χ4v) is 3.44. The van der Waals surface area contributed by atoms with Gasteiger partial charge in [0.15, 0.2) is 0 Å². The topological polar surface area (TPSA) is 74.0 Å². The quantitative estimate of drug-likeness (QED) is 0.886. The molecule has 0 spiro atoms. The highest BCUT2D eigenvalue weighted by Gasteiger charge is 2.27. The molecule has 1 saturated heterocycles. The lowest BCUT2D eigenvalue weighted by Gasteiger charge is -2.32. The molecule has 1 aliphatic rings. The van der Waals surface area contributed by atoms with E-state index in [0.29, 0.717) is 17.8 Å². The van der Waals surface area contributed by atoms with E-state index in [1.54, 1.807) is 24.3 Å². The molecule has 1 atom stereocenters. The number of urea groups is 1. The van der Waals surface area contributed by atoms with Crippen LogP contribution in [0.2, 0.25) is 0 Å². The summed E-state index contributed by atoms with van der Waals surface area (Å²) < 4.78 is 2.23. The van der Waals surface area contributed by atoms with Crippen molar-refractivity contribution in [3.05, 3.63) is 48.0 Å². The van der Waals surface area contributed by atoms with Crippen molar-refractivity contribution >= 4 is 11.7 Å². The largest absolute Gasteiger partial charge is 0.335 e. The molecule has 1 N–H and O–H groups in total. The summed E-state index contributed by atoms with van der Waals surface area (Å²) in [5.41, 5.74) is 1.19. The number of carbonyl (C=O) groups excluding carboxylic acids is 1. The van der Waals surface area contributed by atoms with Crippen LogP contribution in [0, 0.1) is 11.3 Å². The lowest BCUT2D eigenvalue weighted by atomic mass is 9.97. The molecule has 136 valence electrons. The number of aryl methyl sites for hydroxylation is 1. The first kappa shape index (κ1) is 18.0. The molecule has 0 bridgehead atoms. The number of amides is 2. The van der Waals surface area contributed by atoms with Gasteiger partial charge in [-0.3, -0.25) is 0 Å². The van der Waals surface area contributed by atoms with Crippen LogP contribution in [0.5, 0.6) is 0 Å². The lowest BCUT2D eigenvalue weighted by molar-refractivity contribution is 0.190. The fourth-order valence-electron chi connectivity index (χ4n) is 3.44. The van der Waals surface area contributed by atoms with Crippen LogP contribution in [0.1, 0.15) is 49.9 Å². The number of piperidine rings is 1. The predicted molar refractivity (Wildman–Crippen MR) is 101 cm³/mol. The first-order valence-electron chi connectivity index (χ1n) is 9.28. The van der Waals surface area contributed by atoms with Crippen LogP contribution in [-0.4, -0.2) is 33.6 Å². The van der Waals surface area contributed by atoms with Gasteiger partial charge in [-0.2, -0.15) is 5.26 Å². The van der Waals surface area contributed by atoms with Crippen molar-refractivity contribution in [3.8, 4) is 6.07 Å². The Hall–Kier alpha value is -2.81. The first-order chi connectivity index (χ1) is 12.7. The average molecular weight is 351 g/mol. The van der Waals surface area contributed by atoms with Crippen LogP contribution in [0.25, 0.3) is 0 Å². The van der Waals surface area contributed by atoms with E-state index in [1.165, 1.54) is 0 Å². The van der Waals surface area contributed by atoms with Gasteiger partial charge in [-0.15, -0.1) is 0 Å². The summed E-state index contributed by atoms with van der Waals surface area (Å²) in [6.45, 7) is 4.59. The minimum absolute atomic E-state index is 0.114. The number of hydrogen-bond acceptors (Lipinski definition) is 3. The Morgan fingerprint density at radius 1 is 1.46 bits per heavy atom. The van der Waals surface area contributed by atoms with Crippen molar-refractivity contribution in [2.75, 3.05) is 18.4 Å². The molecule has 0 radical (unpaired) electrons. The molecular weight excluding hydrogens is 326 g/mol. The van der Waals surface area contributed by atoms with Gasteiger partial charge in [0.2, 0.25) is 0 Å². The minimum Gasteiger partial charge on any atom is -0.335 e. The molecular formula is C20H25N5O. The highest BCUT2D eigenvalue weighted by atomic mass is 16.2. The van der Waals surface area contributed by atoms with Gasteiger partial charge in [0.1, 0.15) is 5.82 Å². The molecule has 3 rings (SSSR count). The predicted octanol–water partition coefficient (Wildman–Crippen LogP) is 3.97. The number of benzene rings is 1. The second-order valence-corrected chi connectivity index (χ2v) is 6.74. The van der Waals surface area contributed by atoms with Crippen molar-refractivity contribution in [2.45, 2.75) is 45.1 Å². The molecule has 2 aromatic rings. The SMILES string of the molecule is CCCCn1ccnc1[C@@H]1CCCN(C(=O)Nc2cccc(C#N)c2)C1. The molecule has 1 aliphatic heterocycles. The standard InChI is InChI=1S/C20H25N5O/c1-2-3-10-24-12-9-22-19(24)17-7-5-11-25(15-17)20(26)23-18-8-4-6-16(13-18)14-21/h4,6,8-9,12-13,17H,2-3,5,7,10-11,15H2,1H3,(H,23,26)/t17-/m1/s1. The van der Waals surface area contributed by atoms with E-state index in [1.807, 2.05) is 17.3 Å². The number of hydrogen-bond donors (Lipinski definition) is 1. The van der Waals surface area contributed by atoms with Crippen LogP contribution in [0.3, 0.4) is 0 Å². The van der Waals surface area contributed by atoms with E-state index < -0.39 is 0 Å². The maximum absolute atomic E-state index is 12.6. The van der Waals surface area contributed by atoms with Gasteiger partial charge in [-0.1, -0.05) is 19.4 Å². The summed E-state index contributed by atoms with van der Waals surface area (Å²) in [7, 11) is 0.